The van der Waals surface area contributed by atoms with Crippen LogP contribution >= 0.6 is 27.5 Å². The molecule has 2 aromatic rings. The van der Waals surface area contributed by atoms with Crippen LogP contribution in [0.5, 0.6) is 0 Å². The summed E-state index contributed by atoms with van der Waals surface area (Å²) < 4.78 is 39.1. The van der Waals surface area contributed by atoms with E-state index in [2.05, 4.69) is 20.9 Å². The second-order valence-corrected chi connectivity index (χ2v) is 8.57. The van der Waals surface area contributed by atoms with Gasteiger partial charge in [-0.3, -0.25) is 0 Å². The molecule has 3 rings (SSSR count). The van der Waals surface area contributed by atoms with Crippen molar-refractivity contribution in [1.82, 2.24) is 9.88 Å². The SMILES string of the molecule is C[C@H]1CN(C(=O)OC(C)(C)C)CCN1c1nc2c(F)c(Cl)c(F)c(Br)c2o1. The van der Waals surface area contributed by atoms with Gasteiger partial charge in [0.2, 0.25) is 0 Å². The quantitative estimate of drug-likeness (QED) is 0.439. The fraction of sp³-hybridized carbons (Fsp3) is 0.529. The summed E-state index contributed by atoms with van der Waals surface area (Å²) in [6, 6.07) is -0.0240. The van der Waals surface area contributed by atoms with Gasteiger partial charge in [-0.05, 0) is 43.6 Å². The van der Waals surface area contributed by atoms with E-state index in [1.54, 1.807) is 30.6 Å². The molecule has 1 saturated heterocycles. The van der Waals surface area contributed by atoms with Crippen molar-refractivity contribution in [2.24, 2.45) is 0 Å². The van der Waals surface area contributed by atoms with Crippen LogP contribution in [0, 0.1) is 11.6 Å². The molecule has 1 atom stereocenters. The number of oxazole rings is 1. The first-order chi connectivity index (χ1) is 12.5. The second-order valence-electron chi connectivity index (χ2n) is 7.40. The molecule has 0 spiro atoms. The number of piperazine rings is 1. The summed E-state index contributed by atoms with van der Waals surface area (Å²) in [5, 5.41) is -0.642. The standard InChI is InChI=1S/C17H19BrClF2N3O3/c1-8-7-23(16(25)27-17(2,3)4)5-6-24(8)15-22-13-12(21)10(19)11(20)9(18)14(13)26-15/h8H,5-7H2,1-4H3/t8-/m0/s1. The van der Waals surface area contributed by atoms with E-state index in [4.69, 9.17) is 20.8 Å². The fourth-order valence-corrected chi connectivity index (χ4v) is 3.62. The predicted octanol–water partition coefficient (Wildman–Crippen LogP) is 4.97. The Bertz CT molecular complexity index is 855. The molecule has 6 nitrogen and oxygen atoms in total. The number of benzene rings is 1. The summed E-state index contributed by atoms with van der Waals surface area (Å²) in [7, 11) is 0. The molecular weight excluding hydrogens is 448 g/mol. The van der Waals surface area contributed by atoms with Crippen LogP contribution in [0.4, 0.5) is 19.6 Å². The van der Waals surface area contributed by atoms with Crippen molar-refractivity contribution in [3.63, 3.8) is 0 Å². The first-order valence-electron chi connectivity index (χ1n) is 8.36. The lowest BCUT2D eigenvalue weighted by Crippen LogP contribution is -2.54. The van der Waals surface area contributed by atoms with Gasteiger partial charge < -0.3 is 19.0 Å². The molecule has 2 heterocycles. The lowest BCUT2D eigenvalue weighted by Gasteiger charge is -2.39. The molecule has 1 aliphatic rings. The molecule has 0 radical (unpaired) electrons. The van der Waals surface area contributed by atoms with Gasteiger partial charge in [-0.1, -0.05) is 11.6 Å². The summed E-state index contributed by atoms with van der Waals surface area (Å²) in [5.74, 6) is -1.91. The van der Waals surface area contributed by atoms with Crippen molar-refractivity contribution in [3.05, 3.63) is 21.1 Å². The molecule has 10 heteroatoms. The van der Waals surface area contributed by atoms with Gasteiger partial charge >= 0.3 is 6.09 Å². The van der Waals surface area contributed by atoms with Crippen molar-refractivity contribution >= 4 is 50.7 Å². The summed E-state index contributed by atoms with van der Waals surface area (Å²) in [4.78, 5) is 19.8. The largest absolute Gasteiger partial charge is 0.444 e. The average Bonchev–Trinajstić information content (AvgIpc) is 3.01. The molecule has 1 aliphatic heterocycles. The summed E-state index contributed by atoms with van der Waals surface area (Å²) in [6.07, 6.45) is -0.394. The molecule has 1 aromatic carbocycles. The van der Waals surface area contributed by atoms with E-state index in [0.717, 1.165) is 0 Å². The molecule has 148 valence electrons. The Morgan fingerprint density at radius 3 is 2.59 bits per heavy atom. The van der Waals surface area contributed by atoms with Gasteiger partial charge in [0, 0.05) is 25.7 Å². The number of fused-ring (bicyclic) bond motifs is 1. The zero-order chi connectivity index (χ0) is 20.1. The highest BCUT2D eigenvalue weighted by Gasteiger charge is 2.33. The summed E-state index contributed by atoms with van der Waals surface area (Å²) in [5.41, 5.74) is -0.776. The highest BCUT2D eigenvalue weighted by Crippen LogP contribution is 2.37. The van der Waals surface area contributed by atoms with E-state index >= 15 is 0 Å². The molecule has 1 amide bonds. The van der Waals surface area contributed by atoms with Crippen LogP contribution in [0.1, 0.15) is 27.7 Å². The number of hydrogen-bond donors (Lipinski definition) is 0. The van der Waals surface area contributed by atoms with Crippen LogP contribution in [0.25, 0.3) is 11.1 Å². The summed E-state index contributed by atoms with van der Waals surface area (Å²) >= 11 is 8.69. The Hall–Kier alpha value is -1.61. The normalized spacial score (nSPS) is 18.3. The van der Waals surface area contributed by atoms with Gasteiger partial charge in [0.25, 0.3) is 6.01 Å². The number of nitrogens with zero attached hydrogens (tertiary/aromatic N) is 3. The molecule has 0 aliphatic carbocycles. The van der Waals surface area contributed by atoms with Crippen LogP contribution in [0.15, 0.2) is 8.89 Å². The second kappa shape index (κ2) is 7.09. The van der Waals surface area contributed by atoms with E-state index in [1.165, 1.54) is 0 Å². The van der Waals surface area contributed by atoms with Crippen molar-refractivity contribution in [1.29, 1.82) is 0 Å². The highest BCUT2D eigenvalue weighted by atomic mass is 79.9. The number of carbonyl (C=O) groups is 1. The number of halogens is 4. The Kier molecular flexibility index (Phi) is 5.28. The third-order valence-corrected chi connectivity index (χ3v) is 5.17. The molecular formula is C17H19BrClF2N3O3. The van der Waals surface area contributed by atoms with Crippen molar-refractivity contribution in [2.45, 2.75) is 39.3 Å². The zero-order valence-corrected chi connectivity index (χ0v) is 17.6. The van der Waals surface area contributed by atoms with Crippen molar-refractivity contribution < 1.29 is 22.7 Å². The minimum Gasteiger partial charge on any atom is -0.444 e. The lowest BCUT2D eigenvalue weighted by atomic mass is 10.2. The van der Waals surface area contributed by atoms with Gasteiger partial charge in [-0.25, -0.2) is 13.6 Å². The maximum absolute atomic E-state index is 14.2. The average molecular weight is 467 g/mol. The monoisotopic (exact) mass is 465 g/mol. The van der Waals surface area contributed by atoms with E-state index < -0.39 is 28.4 Å². The Morgan fingerprint density at radius 2 is 2.00 bits per heavy atom. The first-order valence-corrected chi connectivity index (χ1v) is 9.53. The van der Waals surface area contributed by atoms with Gasteiger partial charge in [0.05, 0.1) is 0 Å². The molecule has 1 fully saturated rings. The van der Waals surface area contributed by atoms with E-state index in [9.17, 15) is 13.6 Å². The number of ether oxygens (including phenoxy) is 1. The van der Waals surface area contributed by atoms with Gasteiger partial charge in [-0.2, -0.15) is 4.98 Å². The number of carbonyl (C=O) groups excluding carboxylic acids is 1. The van der Waals surface area contributed by atoms with Gasteiger partial charge in [0.1, 0.15) is 20.6 Å². The maximum atomic E-state index is 14.2. The number of rotatable bonds is 1. The zero-order valence-electron chi connectivity index (χ0n) is 15.3. The van der Waals surface area contributed by atoms with Crippen molar-refractivity contribution in [2.75, 3.05) is 24.5 Å². The molecule has 0 N–H and O–H groups in total. The number of anilines is 1. The Labute approximate surface area is 168 Å². The van der Waals surface area contributed by atoms with Gasteiger partial charge in [0.15, 0.2) is 17.2 Å². The number of aromatic nitrogens is 1. The molecule has 0 unspecified atom stereocenters. The van der Waals surface area contributed by atoms with Gasteiger partial charge in [-0.15, -0.1) is 0 Å². The van der Waals surface area contributed by atoms with E-state index in [1.807, 2.05) is 6.92 Å². The number of amides is 1. The van der Waals surface area contributed by atoms with Crippen LogP contribution in [0.2, 0.25) is 5.02 Å². The third kappa shape index (κ3) is 3.85. The van der Waals surface area contributed by atoms with Crippen LogP contribution in [0.3, 0.4) is 0 Å². The minimum absolute atomic E-state index is 0.0498. The van der Waals surface area contributed by atoms with Crippen LogP contribution in [-0.4, -0.2) is 47.3 Å². The predicted molar refractivity (Wildman–Crippen MR) is 101 cm³/mol. The molecule has 1 aromatic heterocycles. The molecule has 27 heavy (non-hydrogen) atoms. The topological polar surface area (TPSA) is 58.8 Å². The van der Waals surface area contributed by atoms with Crippen LogP contribution in [-0.2, 0) is 4.74 Å². The smallest absolute Gasteiger partial charge is 0.410 e. The molecule has 0 bridgehead atoms. The Balaban J connectivity index is 1.84. The first kappa shape index (κ1) is 20.1. The maximum Gasteiger partial charge on any atom is 0.410 e. The van der Waals surface area contributed by atoms with E-state index in [0.29, 0.717) is 19.6 Å². The van der Waals surface area contributed by atoms with E-state index in [-0.39, 0.29) is 27.6 Å². The number of hydrogen-bond acceptors (Lipinski definition) is 5. The Morgan fingerprint density at radius 1 is 1.33 bits per heavy atom. The fourth-order valence-electron chi connectivity index (χ4n) is 2.86. The minimum atomic E-state index is -0.970. The highest BCUT2D eigenvalue weighted by molar-refractivity contribution is 9.10. The van der Waals surface area contributed by atoms with Crippen molar-refractivity contribution in [3.8, 4) is 0 Å². The van der Waals surface area contributed by atoms with Crippen LogP contribution < -0.4 is 4.90 Å². The third-order valence-electron chi connectivity index (χ3n) is 4.13. The summed E-state index contributed by atoms with van der Waals surface area (Å²) in [6.45, 7) is 8.47. The molecule has 0 saturated carbocycles. The lowest BCUT2D eigenvalue weighted by molar-refractivity contribution is 0.0216.